The van der Waals surface area contributed by atoms with Crippen molar-refractivity contribution in [2.24, 2.45) is 0 Å². The maximum absolute atomic E-state index is 5.55. The van der Waals surface area contributed by atoms with Crippen LogP contribution in [0.5, 0.6) is 0 Å². The largest absolute Gasteiger partial charge is 0.381 e. The van der Waals surface area contributed by atoms with Gasteiger partial charge in [-0.25, -0.2) is 0 Å². The van der Waals surface area contributed by atoms with Crippen LogP contribution in [0, 0.1) is 0 Å². The Balaban J connectivity index is 1.68. The fraction of sp³-hybridized carbons (Fsp3) is 0.368. The molecule has 0 radical (unpaired) electrons. The van der Waals surface area contributed by atoms with E-state index in [9.17, 15) is 0 Å². The number of rotatable bonds is 7. The van der Waals surface area contributed by atoms with Gasteiger partial charge in [-0.3, -0.25) is 0 Å². The lowest BCUT2D eigenvalue weighted by atomic mass is 10.1. The molecule has 2 heteroatoms. The zero-order valence-electron chi connectivity index (χ0n) is 12.6. The molecule has 1 aliphatic carbocycles. The van der Waals surface area contributed by atoms with Gasteiger partial charge in [-0.15, -0.1) is 0 Å². The summed E-state index contributed by atoms with van der Waals surface area (Å²) < 4.78 is 5.55. The summed E-state index contributed by atoms with van der Waals surface area (Å²) in [6.07, 6.45) is 2.15. The third-order valence-electron chi connectivity index (χ3n) is 4.00. The Kier molecular flexibility index (Phi) is 4.69. The molecular weight excluding hydrogens is 258 g/mol. The maximum atomic E-state index is 5.55. The summed E-state index contributed by atoms with van der Waals surface area (Å²) in [4.78, 5) is 0. The number of fused-ring (bicyclic) bond motifs is 3. The molecule has 0 heterocycles. The highest BCUT2D eigenvalue weighted by molar-refractivity contribution is 5.78. The van der Waals surface area contributed by atoms with Crippen LogP contribution in [0.25, 0.3) is 11.1 Å². The quantitative estimate of drug-likeness (QED) is 0.769. The van der Waals surface area contributed by atoms with Crippen molar-refractivity contribution in [3.8, 4) is 11.1 Å². The van der Waals surface area contributed by atoms with E-state index in [0.717, 1.165) is 32.6 Å². The Bertz CT molecular complexity index is 548. The summed E-state index contributed by atoms with van der Waals surface area (Å²) in [5.41, 5.74) is 5.53. The third kappa shape index (κ3) is 3.02. The number of ether oxygens (including phenoxy) is 1. The van der Waals surface area contributed by atoms with E-state index >= 15 is 0 Å². The number of nitrogens with one attached hydrogen (secondary N) is 1. The molecule has 0 fully saturated rings. The highest BCUT2D eigenvalue weighted by atomic mass is 16.5. The molecule has 0 bridgehead atoms. The lowest BCUT2D eigenvalue weighted by Crippen LogP contribution is -2.22. The second kappa shape index (κ2) is 6.88. The molecule has 0 unspecified atom stereocenters. The van der Waals surface area contributed by atoms with Crippen molar-refractivity contribution >= 4 is 0 Å². The molecular formula is C19H23NO. The Morgan fingerprint density at radius 2 is 1.52 bits per heavy atom. The van der Waals surface area contributed by atoms with Gasteiger partial charge in [0.2, 0.25) is 0 Å². The van der Waals surface area contributed by atoms with Crippen LogP contribution in [0.2, 0.25) is 0 Å². The Hall–Kier alpha value is -1.64. The third-order valence-corrected chi connectivity index (χ3v) is 4.00. The standard InChI is InChI=1S/C19H23NO/c1-2-13-21-14-7-12-20-19-17-10-5-3-8-15(17)16-9-4-6-11-18(16)19/h3-6,8-11,19-20H,2,7,12-14H2,1H3. The van der Waals surface area contributed by atoms with Crippen molar-refractivity contribution in [2.45, 2.75) is 25.8 Å². The fourth-order valence-electron chi connectivity index (χ4n) is 3.04. The number of hydrogen-bond acceptors (Lipinski definition) is 2. The van der Waals surface area contributed by atoms with Gasteiger partial charge in [0, 0.05) is 13.2 Å². The van der Waals surface area contributed by atoms with Gasteiger partial charge in [0.25, 0.3) is 0 Å². The van der Waals surface area contributed by atoms with Gasteiger partial charge in [-0.05, 0) is 41.6 Å². The number of benzene rings is 2. The Morgan fingerprint density at radius 1 is 0.905 bits per heavy atom. The van der Waals surface area contributed by atoms with E-state index in [0.29, 0.717) is 6.04 Å². The molecule has 0 amide bonds. The lowest BCUT2D eigenvalue weighted by Gasteiger charge is -2.15. The van der Waals surface area contributed by atoms with Gasteiger partial charge in [0.1, 0.15) is 0 Å². The summed E-state index contributed by atoms with van der Waals surface area (Å²) in [5.74, 6) is 0. The molecule has 110 valence electrons. The topological polar surface area (TPSA) is 21.3 Å². The molecule has 0 aromatic heterocycles. The average Bonchev–Trinajstić information content (AvgIpc) is 2.85. The first kappa shape index (κ1) is 14.3. The van der Waals surface area contributed by atoms with Crippen LogP contribution < -0.4 is 5.32 Å². The predicted molar refractivity (Wildman–Crippen MR) is 87.5 cm³/mol. The first-order valence-electron chi connectivity index (χ1n) is 7.91. The van der Waals surface area contributed by atoms with Crippen molar-refractivity contribution < 1.29 is 4.74 Å². The maximum Gasteiger partial charge on any atom is 0.0588 e. The van der Waals surface area contributed by atoms with Crippen molar-refractivity contribution in [2.75, 3.05) is 19.8 Å². The minimum absolute atomic E-state index is 0.323. The molecule has 2 aromatic rings. The van der Waals surface area contributed by atoms with Crippen molar-refractivity contribution in [1.29, 1.82) is 0 Å². The minimum atomic E-state index is 0.323. The molecule has 1 N–H and O–H groups in total. The van der Waals surface area contributed by atoms with E-state index in [-0.39, 0.29) is 0 Å². The highest BCUT2D eigenvalue weighted by Crippen LogP contribution is 2.42. The van der Waals surface area contributed by atoms with E-state index in [1.165, 1.54) is 22.3 Å². The second-order valence-electron chi connectivity index (χ2n) is 5.53. The molecule has 21 heavy (non-hydrogen) atoms. The molecule has 0 aliphatic heterocycles. The highest BCUT2D eigenvalue weighted by Gasteiger charge is 2.26. The van der Waals surface area contributed by atoms with Gasteiger partial charge < -0.3 is 10.1 Å². The molecule has 3 rings (SSSR count). The normalized spacial score (nSPS) is 13.2. The minimum Gasteiger partial charge on any atom is -0.381 e. The summed E-state index contributed by atoms with van der Waals surface area (Å²) in [7, 11) is 0. The summed E-state index contributed by atoms with van der Waals surface area (Å²) >= 11 is 0. The smallest absolute Gasteiger partial charge is 0.0588 e. The Labute approximate surface area is 127 Å². The van der Waals surface area contributed by atoms with Gasteiger partial charge in [0.15, 0.2) is 0 Å². The molecule has 0 spiro atoms. The average molecular weight is 281 g/mol. The molecule has 2 nitrogen and oxygen atoms in total. The zero-order valence-corrected chi connectivity index (χ0v) is 12.6. The van der Waals surface area contributed by atoms with E-state index in [4.69, 9.17) is 4.74 Å². The predicted octanol–water partition coefficient (Wildman–Crippen LogP) is 4.16. The summed E-state index contributed by atoms with van der Waals surface area (Å²) in [5, 5.41) is 3.69. The molecule has 0 saturated heterocycles. The first-order valence-corrected chi connectivity index (χ1v) is 7.91. The van der Waals surface area contributed by atoms with Crippen LogP contribution >= 0.6 is 0 Å². The van der Waals surface area contributed by atoms with Crippen LogP contribution in [0.3, 0.4) is 0 Å². The SMILES string of the molecule is CCCOCCCNC1c2ccccc2-c2ccccc21. The summed E-state index contributed by atoms with van der Waals surface area (Å²) in [6.45, 7) is 4.84. The zero-order chi connectivity index (χ0) is 14.5. The summed E-state index contributed by atoms with van der Waals surface area (Å²) in [6, 6.07) is 17.7. The fourth-order valence-corrected chi connectivity index (χ4v) is 3.04. The van der Waals surface area contributed by atoms with Crippen molar-refractivity contribution in [3.05, 3.63) is 59.7 Å². The molecule has 0 atom stereocenters. The monoisotopic (exact) mass is 281 g/mol. The van der Waals surface area contributed by atoms with Gasteiger partial charge in [-0.2, -0.15) is 0 Å². The lowest BCUT2D eigenvalue weighted by molar-refractivity contribution is 0.132. The van der Waals surface area contributed by atoms with Crippen LogP contribution in [-0.4, -0.2) is 19.8 Å². The van der Waals surface area contributed by atoms with E-state index < -0.39 is 0 Å². The number of hydrogen-bond donors (Lipinski definition) is 1. The van der Waals surface area contributed by atoms with Crippen molar-refractivity contribution in [1.82, 2.24) is 5.32 Å². The van der Waals surface area contributed by atoms with Crippen LogP contribution in [0.4, 0.5) is 0 Å². The van der Waals surface area contributed by atoms with Gasteiger partial charge >= 0.3 is 0 Å². The Morgan fingerprint density at radius 3 is 2.14 bits per heavy atom. The van der Waals surface area contributed by atoms with Crippen LogP contribution in [0.15, 0.2) is 48.5 Å². The molecule has 1 aliphatic rings. The van der Waals surface area contributed by atoms with Crippen LogP contribution in [-0.2, 0) is 4.74 Å². The van der Waals surface area contributed by atoms with E-state index in [1.54, 1.807) is 0 Å². The molecule has 2 aromatic carbocycles. The first-order chi connectivity index (χ1) is 10.4. The second-order valence-corrected chi connectivity index (χ2v) is 5.53. The van der Waals surface area contributed by atoms with E-state index in [1.807, 2.05) is 0 Å². The van der Waals surface area contributed by atoms with Gasteiger partial charge in [-0.1, -0.05) is 55.5 Å². The molecule has 0 saturated carbocycles. The van der Waals surface area contributed by atoms with Crippen LogP contribution in [0.1, 0.15) is 36.9 Å². The van der Waals surface area contributed by atoms with Crippen molar-refractivity contribution in [3.63, 3.8) is 0 Å². The van der Waals surface area contributed by atoms with Gasteiger partial charge in [0.05, 0.1) is 6.04 Å². The van der Waals surface area contributed by atoms with E-state index in [2.05, 4.69) is 60.8 Å².